The topological polar surface area (TPSA) is 30.9 Å². The molecule has 1 saturated carbocycles. The molecule has 0 amide bonds. The Morgan fingerprint density at radius 1 is 0.807 bits per heavy atom. The van der Waals surface area contributed by atoms with Crippen LogP contribution in [0, 0.1) is 0 Å². The van der Waals surface area contributed by atoms with Gasteiger partial charge in [-0.2, -0.15) is 13.2 Å². The first-order valence-electron chi connectivity index (χ1n) is 20.2. The van der Waals surface area contributed by atoms with E-state index in [4.69, 9.17) is 14.2 Å². The summed E-state index contributed by atoms with van der Waals surface area (Å²) in [5, 5.41) is 2.00. The van der Waals surface area contributed by atoms with E-state index in [1.54, 1.807) is 29.6 Å². The summed E-state index contributed by atoms with van der Waals surface area (Å²) in [5.41, 5.74) is 5.86. The molecule has 4 nitrogen and oxygen atoms in total. The van der Waals surface area contributed by atoms with E-state index in [2.05, 4.69) is 85.0 Å². The Hall–Kier alpha value is -4.05. The van der Waals surface area contributed by atoms with E-state index in [1.165, 1.54) is 12.1 Å². The maximum Gasteiger partial charge on any atom is 0.416 e. The van der Waals surface area contributed by atoms with Gasteiger partial charge in [0.05, 0.1) is 25.4 Å². The van der Waals surface area contributed by atoms with E-state index in [1.807, 2.05) is 12.1 Å². The van der Waals surface area contributed by atoms with Crippen LogP contribution in [0.25, 0.3) is 28.0 Å². The highest BCUT2D eigenvalue weighted by molar-refractivity contribution is 8.01. The lowest BCUT2D eigenvalue weighted by atomic mass is 9.66. The third kappa shape index (κ3) is 6.52. The summed E-state index contributed by atoms with van der Waals surface area (Å²) in [5.74, 6) is 1.60. The van der Waals surface area contributed by atoms with E-state index in [0.29, 0.717) is 19.8 Å². The molecule has 296 valence electrons. The third-order valence-electron chi connectivity index (χ3n) is 12.6. The van der Waals surface area contributed by atoms with Crippen LogP contribution < -0.4 is 14.4 Å². The van der Waals surface area contributed by atoms with Gasteiger partial charge < -0.3 is 19.1 Å². The summed E-state index contributed by atoms with van der Waals surface area (Å²) < 4.78 is 62.7. The maximum absolute atomic E-state index is 14.4. The van der Waals surface area contributed by atoms with Crippen molar-refractivity contribution in [3.8, 4) is 22.6 Å². The summed E-state index contributed by atoms with van der Waals surface area (Å²) in [6.45, 7) is 5.91. The Bertz CT molecular complexity index is 2330. The number of fused-ring (bicyclic) bond motifs is 10. The van der Waals surface area contributed by atoms with E-state index in [0.717, 1.165) is 135 Å². The number of anilines is 1. The van der Waals surface area contributed by atoms with Crippen molar-refractivity contribution in [1.29, 1.82) is 0 Å². The summed E-state index contributed by atoms with van der Waals surface area (Å²) in [4.78, 5) is 4.64. The molecule has 2 aliphatic heterocycles. The maximum atomic E-state index is 14.4. The minimum atomic E-state index is -4.43. The normalized spacial score (nSPS) is 19.6. The van der Waals surface area contributed by atoms with Crippen molar-refractivity contribution in [1.82, 2.24) is 0 Å². The quantitative estimate of drug-likeness (QED) is 0.109. The molecular formula is C48H48F3NO3S2. The van der Waals surface area contributed by atoms with Gasteiger partial charge in [0, 0.05) is 56.1 Å². The molecule has 2 fully saturated rings. The number of ether oxygens (including phenoxy) is 3. The molecule has 1 unspecified atom stereocenters. The zero-order chi connectivity index (χ0) is 39.4. The Morgan fingerprint density at radius 2 is 1.47 bits per heavy atom. The summed E-state index contributed by atoms with van der Waals surface area (Å²) in [6, 6.07) is 26.0. The second-order valence-electron chi connectivity index (χ2n) is 15.7. The fraction of sp³-hybridized carbons (Fsp3) is 0.375. The molecule has 0 aromatic heterocycles. The number of benzene rings is 5. The largest absolute Gasteiger partial charge is 0.494 e. The van der Waals surface area contributed by atoms with Gasteiger partial charge in [-0.15, -0.1) is 23.5 Å². The van der Waals surface area contributed by atoms with Gasteiger partial charge in [0.25, 0.3) is 0 Å². The predicted octanol–water partition coefficient (Wildman–Crippen LogP) is 12.9. The molecule has 5 aromatic rings. The molecule has 0 bridgehead atoms. The van der Waals surface area contributed by atoms with Crippen LogP contribution in [0.15, 0.2) is 94.7 Å². The van der Waals surface area contributed by atoms with Crippen LogP contribution in [0.3, 0.4) is 0 Å². The van der Waals surface area contributed by atoms with E-state index < -0.39 is 22.8 Å². The van der Waals surface area contributed by atoms with Gasteiger partial charge in [0.15, 0.2) is 5.60 Å². The minimum absolute atomic E-state index is 0.550. The van der Waals surface area contributed by atoms with Crippen molar-refractivity contribution in [2.45, 2.75) is 78.9 Å². The highest BCUT2D eigenvalue weighted by Crippen LogP contribution is 2.63. The molecule has 1 saturated heterocycles. The molecule has 9 heteroatoms. The first-order valence-corrected chi connectivity index (χ1v) is 22.7. The zero-order valence-electron chi connectivity index (χ0n) is 32.8. The van der Waals surface area contributed by atoms with Gasteiger partial charge in [0.2, 0.25) is 0 Å². The molecule has 1 atom stereocenters. The van der Waals surface area contributed by atoms with E-state index in [-0.39, 0.29) is 0 Å². The van der Waals surface area contributed by atoms with Crippen LogP contribution >= 0.6 is 23.5 Å². The molecule has 2 heterocycles. The molecule has 2 aliphatic carbocycles. The van der Waals surface area contributed by atoms with Crippen LogP contribution in [0.1, 0.15) is 85.3 Å². The van der Waals surface area contributed by atoms with E-state index >= 15 is 0 Å². The number of hydrogen-bond acceptors (Lipinski definition) is 6. The third-order valence-corrected chi connectivity index (χ3v) is 14.3. The highest BCUT2D eigenvalue weighted by atomic mass is 32.2. The first-order chi connectivity index (χ1) is 27.7. The van der Waals surface area contributed by atoms with E-state index in [9.17, 15) is 13.2 Å². The van der Waals surface area contributed by atoms with Gasteiger partial charge >= 0.3 is 6.18 Å². The Morgan fingerprint density at radius 3 is 2.12 bits per heavy atom. The SMILES string of the molecule is CCCCOc1ccc(C2(c3ccc(N4CCOCC4)cc3)C=Cc3c4c(c5cc(SC)c(SC)cc5c3O2)-c2ccc(C(F)(F)F)cc2C42CCCCC2)cc1. The zero-order valence-corrected chi connectivity index (χ0v) is 34.4. The lowest BCUT2D eigenvalue weighted by Gasteiger charge is -2.41. The standard InChI is InChI=1S/C48H48F3NO3S2/c1-4-5-25-54-35-16-11-32(12-17-35)47(31-9-14-34(15-10-31)52-23-26-53-27-24-52)22-19-37-44-43(38-29-41(56-2)42(57-3)30-39(38)45(37)55-47)36-18-13-33(48(49,50)51)28-40(36)46(44)20-7-6-8-21-46/h9-19,22,28-30H,4-8,20-21,23-27H2,1-3H3. The minimum Gasteiger partial charge on any atom is -0.494 e. The molecule has 9 rings (SSSR count). The van der Waals surface area contributed by atoms with Crippen LogP contribution in [0.2, 0.25) is 0 Å². The van der Waals surface area contributed by atoms with Crippen molar-refractivity contribution in [3.05, 3.63) is 118 Å². The number of nitrogens with zero attached hydrogens (tertiary/aromatic N) is 1. The fourth-order valence-corrected chi connectivity index (χ4v) is 11.2. The van der Waals surface area contributed by atoms with Crippen molar-refractivity contribution in [2.75, 3.05) is 50.3 Å². The number of hydrogen-bond donors (Lipinski definition) is 0. The second-order valence-corrected chi connectivity index (χ2v) is 17.4. The van der Waals surface area contributed by atoms with Crippen LogP contribution in [0.4, 0.5) is 18.9 Å². The number of morpholine rings is 1. The first kappa shape index (κ1) is 38.5. The van der Waals surface area contributed by atoms with Crippen LogP contribution in [0.5, 0.6) is 11.5 Å². The van der Waals surface area contributed by atoms with Gasteiger partial charge in [0.1, 0.15) is 11.5 Å². The average molecular weight is 808 g/mol. The second kappa shape index (κ2) is 15.3. The highest BCUT2D eigenvalue weighted by Gasteiger charge is 2.50. The Labute approximate surface area is 342 Å². The summed E-state index contributed by atoms with van der Waals surface area (Å²) >= 11 is 3.40. The molecule has 4 aliphatic rings. The lowest BCUT2D eigenvalue weighted by Crippen LogP contribution is -2.37. The molecule has 1 spiro atoms. The van der Waals surface area contributed by atoms with Crippen molar-refractivity contribution < 1.29 is 27.4 Å². The van der Waals surface area contributed by atoms with Crippen molar-refractivity contribution >= 4 is 46.1 Å². The smallest absolute Gasteiger partial charge is 0.416 e. The van der Waals surface area contributed by atoms with Crippen molar-refractivity contribution in [2.24, 2.45) is 0 Å². The number of thioether (sulfide) groups is 2. The van der Waals surface area contributed by atoms with Gasteiger partial charge in [-0.05, 0) is 114 Å². The van der Waals surface area contributed by atoms with Crippen molar-refractivity contribution in [3.63, 3.8) is 0 Å². The van der Waals surface area contributed by atoms with Gasteiger partial charge in [-0.1, -0.05) is 69.0 Å². The number of alkyl halides is 3. The number of halogens is 3. The lowest BCUT2D eigenvalue weighted by molar-refractivity contribution is -0.137. The number of unbranched alkanes of at least 4 members (excludes halogenated alkanes) is 1. The van der Waals surface area contributed by atoms with Gasteiger partial charge in [-0.3, -0.25) is 0 Å². The molecule has 57 heavy (non-hydrogen) atoms. The van der Waals surface area contributed by atoms with Crippen LogP contribution in [-0.2, 0) is 21.9 Å². The monoisotopic (exact) mass is 807 g/mol. The molecule has 0 radical (unpaired) electrons. The molecule has 0 N–H and O–H groups in total. The van der Waals surface area contributed by atoms with Gasteiger partial charge in [-0.25, -0.2) is 0 Å². The summed E-state index contributed by atoms with van der Waals surface area (Å²) in [7, 11) is 0. The fourth-order valence-electron chi connectivity index (χ4n) is 9.74. The van der Waals surface area contributed by atoms with Crippen LogP contribution in [-0.4, -0.2) is 45.4 Å². The Kier molecular flexibility index (Phi) is 10.3. The average Bonchev–Trinajstić information content (AvgIpc) is 3.52. The molecular weight excluding hydrogens is 760 g/mol. The predicted molar refractivity (Wildman–Crippen MR) is 229 cm³/mol. The number of rotatable bonds is 9. The summed E-state index contributed by atoms with van der Waals surface area (Å²) in [6.07, 6.45) is 10.8. The Balaban J connectivity index is 1.29. The molecule has 5 aromatic carbocycles.